The van der Waals surface area contributed by atoms with Crippen LogP contribution in [0.1, 0.15) is 18.4 Å². The molecule has 3 heteroatoms. The van der Waals surface area contributed by atoms with Gasteiger partial charge >= 0.3 is 5.97 Å². The molecule has 0 amide bonds. The van der Waals surface area contributed by atoms with Crippen LogP contribution in [0.4, 0.5) is 0 Å². The molecule has 15 heavy (non-hydrogen) atoms. The van der Waals surface area contributed by atoms with Gasteiger partial charge in [-0.05, 0) is 24.3 Å². The third kappa shape index (κ3) is 2.99. The summed E-state index contributed by atoms with van der Waals surface area (Å²) in [5.41, 5.74) is 1.20. The fourth-order valence-corrected chi connectivity index (χ4v) is 2.82. The molecule has 1 fully saturated rings. The van der Waals surface area contributed by atoms with Crippen LogP contribution < -0.4 is 0 Å². The second-order valence-corrected chi connectivity index (χ2v) is 5.02. The maximum absolute atomic E-state index is 11.0. The lowest BCUT2D eigenvalue weighted by atomic mass is 10.2. The van der Waals surface area contributed by atoms with Crippen molar-refractivity contribution in [2.24, 2.45) is 5.92 Å². The summed E-state index contributed by atoms with van der Waals surface area (Å²) in [6, 6.07) is 10.0. The van der Waals surface area contributed by atoms with Crippen LogP contribution in [0.5, 0.6) is 0 Å². The third-order valence-corrected chi connectivity index (χ3v) is 4.01. The zero-order valence-electron chi connectivity index (χ0n) is 8.43. The first kappa shape index (κ1) is 10.6. The van der Waals surface area contributed by atoms with Crippen LogP contribution in [-0.4, -0.2) is 16.3 Å². The van der Waals surface area contributed by atoms with Gasteiger partial charge in [-0.3, -0.25) is 4.79 Å². The zero-order valence-corrected chi connectivity index (χ0v) is 9.24. The molecule has 0 aliphatic heterocycles. The molecule has 80 valence electrons. The van der Waals surface area contributed by atoms with Crippen molar-refractivity contribution >= 4 is 17.7 Å². The molecule has 0 heterocycles. The molecule has 0 aromatic heterocycles. The van der Waals surface area contributed by atoms with Gasteiger partial charge < -0.3 is 5.11 Å². The average molecular weight is 222 g/mol. The average Bonchev–Trinajstić information content (AvgIpc) is 3.03. The molecular weight excluding hydrogens is 208 g/mol. The lowest BCUT2D eigenvalue weighted by Crippen LogP contribution is -2.18. The van der Waals surface area contributed by atoms with Gasteiger partial charge in [-0.2, -0.15) is 0 Å². The number of carbonyl (C=O) groups is 1. The van der Waals surface area contributed by atoms with Gasteiger partial charge in [0.2, 0.25) is 0 Å². The van der Waals surface area contributed by atoms with Gasteiger partial charge in [-0.15, -0.1) is 11.8 Å². The number of carboxylic acids is 1. The summed E-state index contributed by atoms with van der Waals surface area (Å²) in [5, 5.41) is 8.84. The highest BCUT2D eigenvalue weighted by Crippen LogP contribution is 2.40. The van der Waals surface area contributed by atoms with E-state index in [1.807, 2.05) is 30.3 Å². The summed E-state index contributed by atoms with van der Waals surface area (Å²) >= 11 is 1.55. The first-order valence-electron chi connectivity index (χ1n) is 5.15. The van der Waals surface area contributed by atoms with Crippen LogP contribution in [0, 0.1) is 5.92 Å². The molecule has 0 spiro atoms. The van der Waals surface area contributed by atoms with Crippen molar-refractivity contribution in [2.75, 3.05) is 0 Å². The van der Waals surface area contributed by atoms with E-state index < -0.39 is 5.97 Å². The zero-order chi connectivity index (χ0) is 10.7. The Morgan fingerprint density at radius 1 is 1.40 bits per heavy atom. The van der Waals surface area contributed by atoms with Crippen LogP contribution in [0.25, 0.3) is 0 Å². The number of thioether (sulfide) groups is 1. The monoisotopic (exact) mass is 222 g/mol. The van der Waals surface area contributed by atoms with E-state index in [4.69, 9.17) is 5.11 Å². The van der Waals surface area contributed by atoms with E-state index >= 15 is 0 Å². The predicted octanol–water partition coefficient (Wildman–Crippen LogP) is 2.78. The topological polar surface area (TPSA) is 37.3 Å². The fourth-order valence-electron chi connectivity index (χ4n) is 1.57. The number of hydrogen-bond donors (Lipinski definition) is 1. The molecule has 1 saturated carbocycles. The lowest BCUT2D eigenvalue weighted by molar-refractivity contribution is -0.136. The fraction of sp³-hybridized carbons (Fsp3) is 0.417. The van der Waals surface area contributed by atoms with Crippen molar-refractivity contribution in [3.8, 4) is 0 Å². The Morgan fingerprint density at radius 3 is 2.60 bits per heavy atom. The Labute approximate surface area is 93.7 Å². The maximum atomic E-state index is 11.0. The van der Waals surface area contributed by atoms with Crippen LogP contribution in [0.3, 0.4) is 0 Å². The van der Waals surface area contributed by atoms with Crippen LogP contribution >= 0.6 is 11.8 Å². The molecular formula is C12H14O2S. The molecule has 1 atom stereocenters. The Hall–Kier alpha value is -0.960. The number of aliphatic carboxylic acids is 1. The summed E-state index contributed by atoms with van der Waals surface area (Å²) in [6.07, 6.45) is 2.16. The van der Waals surface area contributed by atoms with Gasteiger partial charge in [0.25, 0.3) is 0 Å². The first-order chi connectivity index (χ1) is 7.27. The number of carboxylic acid groups (broad SMARTS) is 1. The van der Waals surface area contributed by atoms with Crippen molar-refractivity contribution in [3.05, 3.63) is 35.9 Å². The summed E-state index contributed by atoms with van der Waals surface area (Å²) in [6.45, 7) is 0. The van der Waals surface area contributed by atoms with E-state index in [0.717, 1.165) is 18.6 Å². The summed E-state index contributed by atoms with van der Waals surface area (Å²) < 4.78 is 0. The minimum absolute atomic E-state index is 0.204. The maximum Gasteiger partial charge on any atom is 0.316 e. The minimum atomic E-state index is -0.654. The second kappa shape index (κ2) is 4.71. The second-order valence-electron chi connectivity index (χ2n) is 3.89. The molecule has 0 saturated heterocycles. The highest BCUT2D eigenvalue weighted by atomic mass is 32.2. The Bertz CT molecular complexity index is 333. The van der Waals surface area contributed by atoms with Crippen molar-refractivity contribution in [1.29, 1.82) is 0 Å². The first-order valence-corrected chi connectivity index (χ1v) is 6.20. The normalized spacial score (nSPS) is 17.3. The van der Waals surface area contributed by atoms with Gasteiger partial charge in [0, 0.05) is 5.75 Å². The molecule has 1 unspecified atom stereocenters. The highest BCUT2D eigenvalue weighted by molar-refractivity contribution is 7.99. The number of hydrogen-bond acceptors (Lipinski definition) is 2. The van der Waals surface area contributed by atoms with E-state index in [0.29, 0.717) is 5.92 Å². The highest BCUT2D eigenvalue weighted by Gasteiger charge is 2.36. The smallest absolute Gasteiger partial charge is 0.316 e. The standard InChI is InChI=1S/C12H14O2S/c13-12(14)11(10-6-7-10)15-8-9-4-2-1-3-5-9/h1-5,10-11H,6-8H2,(H,13,14). The van der Waals surface area contributed by atoms with E-state index in [2.05, 4.69) is 0 Å². The number of rotatable bonds is 5. The van der Waals surface area contributed by atoms with E-state index in [1.54, 1.807) is 11.8 Å². The van der Waals surface area contributed by atoms with Gasteiger partial charge in [-0.25, -0.2) is 0 Å². The lowest BCUT2D eigenvalue weighted by Gasteiger charge is -2.10. The molecule has 1 aromatic rings. The van der Waals surface area contributed by atoms with Gasteiger partial charge in [-0.1, -0.05) is 30.3 Å². The van der Waals surface area contributed by atoms with E-state index in [1.165, 1.54) is 5.56 Å². The van der Waals surface area contributed by atoms with E-state index in [-0.39, 0.29) is 5.25 Å². The molecule has 2 nitrogen and oxygen atoms in total. The van der Waals surface area contributed by atoms with Crippen molar-refractivity contribution < 1.29 is 9.90 Å². The SMILES string of the molecule is O=C(O)C(SCc1ccccc1)C1CC1. The quantitative estimate of drug-likeness (QED) is 0.832. The van der Waals surface area contributed by atoms with E-state index in [9.17, 15) is 4.79 Å². The van der Waals surface area contributed by atoms with Crippen molar-refractivity contribution in [1.82, 2.24) is 0 Å². The molecule has 0 radical (unpaired) electrons. The molecule has 1 N–H and O–H groups in total. The predicted molar refractivity (Wildman–Crippen MR) is 61.9 cm³/mol. The Balaban J connectivity index is 1.88. The van der Waals surface area contributed by atoms with Crippen LogP contribution in [0.2, 0.25) is 0 Å². The molecule has 1 aliphatic rings. The largest absolute Gasteiger partial charge is 0.480 e. The van der Waals surface area contributed by atoms with Crippen molar-refractivity contribution in [2.45, 2.75) is 23.8 Å². The van der Waals surface area contributed by atoms with Crippen molar-refractivity contribution in [3.63, 3.8) is 0 Å². The Kier molecular flexibility index (Phi) is 3.31. The van der Waals surface area contributed by atoms with Crippen LogP contribution in [0.15, 0.2) is 30.3 Å². The third-order valence-electron chi connectivity index (χ3n) is 2.57. The summed E-state index contributed by atoms with van der Waals surface area (Å²) in [7, 11) is 0. The Morgan fingerprint density at radius 2 is 2.07 bits per heavy atom. The van der Waals surface area contributed by atoms with Crippen LogP contribution in [-0.2, 0) is 10.5 Å². The summed E-state index contributed by atoms with van der Waals surface area (Å²) in [4.78, 5) is 11.0. The molecule has 0 bridgehead atoms. The molecule has 1 aromatic carbocycles. The summed E-state index contributed by atoms with van der Waals surface area (Å²) in [5.74, 6) is 0.559. The minimum Gasteiger partial charge on any atom is -0.480 e. The molecule has 1 aliphatic carbocycles. The van der Waals surface area contributed by atoms with Gasteiger partial charge in [0.1, 0.15) is 5.25 Å². The van der Waals surface area contributed by atoms with Gasteiger partial charge in [0.05, 0.1) is 0 Å². The number of benzene rings is 1. The van der Waals surface area contributed by atoms with Gasteiger partial charge in [0.15, 0.2) is 0 Å². The molecule has 2 rings (SSSR count).